The summed E-state index contributed by atoms with van der Waals surface area (Å²) in [6.07, 6.45) is -2.29. The number of hydrogen-bond acceptors (Lipinski definition) is 5. The zero-order valence-electron chi connectivity index (χ0n) is 7.42. The van der Waals surface area contributed by atoms with Gasteiger partial charge in [-0.25, -0.2) is 4.79 Å². The normalized spacial score (nSPS) is 7.85. The molecule has 82 valence electrons. The summed E-state index contributed by atoms with van der Waals surface area (Å²) in [5.41, 5.74) is 4.03. The lowest BCUT2D eigenvalue weighted by Gasteiger charge is -1.96. The first-order chi connectivity index (χ1) is 5.95. The number of hydrogen-bond donors (Lipinski definition) is 6. The van der Waals surface area contributed by atoms with Crippen molar-refractivity contribution in [3.63, 3.8) is 0 Å². The van der Waals surface area contributed by atoms with Gasteiger partial charge in [0.05, 0.1) is 13.2 Å². The average molecular weight is 199 g/mol. The molecule has 0 saturated heterocycles. The number of carboxylic acid groups (broad SMARTS) is 1. The molecule has 0 aliphatic carbocycles. The summed E-state index contributed by atoms with van der Waals surface area (Å²) in [6, 6.07) is 0. The maximum Gasteiger partial charge on any atom is 0.402 e. The summed E-state index contributed by atoms with van der Waals surface area (Å²) in [5, 5.41) is 38.8. The monoisotopic (exact) mass is 199 g/mol. The van der Waals surface area contributed by atoms with E-state index in [9.17, 15) is 0 Å². The van der Waals surface area contributed by atoms with Gasteiger partial charge < -0.3 is 31.3 Å². The molecule has 1 amide bonds. The van der Waals surface area contributed by atoms with Gasteiger partial charge in [-0.3, -0.25) is 0 Å². The van der Waals surface area contributed by atoms with E-state index in [2.05, 4.69) is 5.73 Å². The maximum atomic E-state index is 8.78. The molecule has 13 heavy (non-hydrogen) atoms. The van der Waals surface area contributed by atoms with Crippen molar-refractivity contribution >= 4 is 6.09 Å². The fourth-order valence-electron chi connectivity index (χ4n) is 0.0577. The van der Waals surface area contributed by atoms with Crippen molar-refractivity contribution < 1.29 is 30.3 Å². The third kappa shape index (κ3) is 95.3. The van der Waals surface area contributed by atoms with Crippen LogP contribution in [0.1, 0.15) is 6.92 Å². The number of amides is 1. The average Bonchev–Trinajstić information content (AvgIpc) is 2.03. The lowest BCUT2D eigenvalue weighted by molar-refractivity contribution is 0.0450. The van der Waals surface area contributed by atoms with Gasteiger partial charge in [0.15, 0.2) is 0 Å². The number of primary amides is 1. The first kappa shape index (κ1) is 18.0. The second kappa shape index (κ2) is 17.3. The van der Waals surface area contributed by atoms with Crippen LogP contribution in [-0.4, -0.2) is 57.6 Å². The Morgan fingerprint density at radius 3 is 1.46 bits per heavy atom. The highest BCUT2D eigenvalue weighted by molar-refractivity contribution is 5.61. The van der Waals surface area contributed by atoms with Crippen LogP contribution in [0.4, 0.5) is 4.79 Å². The van der Waals surface area contributed by atoms with Gasteiger partial charge in [0.25, 0.3) is 0 Å². The molecule has 0 heterocycles. The topological polar surface area (TPSA) is 144 Å². The van der Waals surface area contributed by atoms with Gasteiger partial charge in [-0.15, -0.1) is 0 Å². The predicted molar refractivity (Wildman–Crippen MR) is 45.2 cm³/mol. The van der Waals surface area contributed by atoms with E-state index in [0.29, 0.717) is 0 Å². The number of nitrogens with two attached hydrogens (primary N) is 1. The van der Waals surface area contributed by atoms with E-state index in [1.807, 2.05) is 0 Å². The highest BCUT2D eigenvalue weighted by Crippen LogP contribution is 1.71. The molecule has 0 aliphatic rings. The summed E-state index contributed by atoms with van der Waals surface area (Å²) >= 11 is 0. The van der Waals surface area contributed by atoms with E-state index in [1.165, 1.54) is 0 Å². The van der Waals surface area contributed by atoms with Crippen molar-refractivity contribution in [2.45, 2.75) is 13.0 Å². The molecule has 0 fully saturated rings. The Kier molecular flexibility index (Phi) is 23.9. The van der Waals surface area contributed by atoms with E-state index >= 15 is 0 Å². The van der Waals surface area contributed by atoms with E-state index < -0.39 is 12.2 Å². The molecule has 0 radical (unpaired) electrons. The molecule has 0 spiro atoms. The van der Waals surface area contributed by atoms with E-state index in [4.69, 9.17) is 30.3 Å². The molecule has 0 saturated carbocycles. The lowest BCUT2D eigenvalue weighted by atomic mass is 10.4. The second-order valence-electron chi connectivity index (χ2n) is 1.67. The van der Waals surface area contributed by atoms with Gasteiger partial charge in [-0.2, -0.15) is 0 Å². The van der Waals surface area contributed by atoms with Gasteiger partial charge in [0.2, 0.25) is 0 Å². The molecule has 7 heteroatoms. The molecule has 0 aromatic rings. The van der Waals surface area contributed by atoms with Gasteiger partial charge in [0, 0.05) is 6.61 Å². The zero-order valence-corrected chi connectivity index (χ0v) is 7.42. The third-order valence-electron chi connectivity index (χ3n) is 0.421. The summed E-state index contributed by atoms with van der Waals surface area (Å²) in [6.45, 7) is 1.20. The summed E-state index contributed by atoms with van der Waals surface area (Å²) in [4.78, 5) is 8.78. The summed E-state index contributed by atoms with van der Waals surface area (Å²) < 4.78 is 0. The molecular weight excluding hydrogens is 182 g/mol. The van der Waals surface area contributed by atoms with Crippen LogP contribution in [0.15, 0.2) is 0 Å². The minimum absolute atomic E-state index is 0.250. The van der Waals surface area contributed by atoms with E-state index in [-0.39, 0.29) is 19.8 Å². The predicted octanol–water partition coefficient (Wildman–Crippen LogP) is -2.05. The van der Waals surface area contributed by atoms with Crippen LogP contribution in [0.5, 0.6) is 0 Å². The number of aliphatic hydroxyl groups is 4. The Labute approximate surface area is 76.0 Å². The third-order valence-corrected chi connectivity index (χ3v) is 0.421. The molecule has 0 unspecified atom stereocenters. The van der Waals surface area contributed by atoms with Gasteiger partial charge in [-0.05, 0) is 6.92 Å². The smallest absolute Gasteiger partial charge is 0.402 e. The first-order valence-electron chi connectivity index (χ1n) is 3.45. The standard InChI is InChI=1S/C3H8O3.C2H6O.CH3NO2/c4-1-3(6)2-5;1-2-3;2-1(3)4/h3-6H,1-2H2;3H,2H2,1H3;2H2,(H,3,4). The van der Waals surface area contributed by atoms with Crippen LogP contribution in [0.2, 0.25) is 0 Å². The zero-order chi connectivity index (χ0) is 11.3. The van der Waals surface area contributed by atoms with Crippen LogP contribution in [0, 0.1) is 0 Å². The van der Waals surface area contributed by atoms with Crippen LogP contribution < -0.4 is 5.73 Å². The van der Waals surface area contributed by atoms with Gasteiger partial charge in [-0.1, -0.05) is 0 Å². The quantitative estimate of drug-likeness (QED) is 0.302. The molecule has 0 rings (SSSR count). The number of aliphatic hydroxyl groups excluding tert-OH is 4. The Bertz CT molecular complexity index is 91.1. The lowest BCUT2D eigenvalue weighted by Crippen LogP contribution is -2.15. The summed E-state index contributed by atoms with van der Waals surface area (Å²) in [5.74, 6) is 0. The Morgan fingerprint density at radius 1 is 1.31 bits per heavy atom. The van der Waals surface area contributed by atoms with E-state index in [0.717, 1.165) is 0 Å². The van der Waals surface area contributed by atoms with Crippen LogP contribution >= 0.6 is 0 Å². The molecule has 0 aromatic carbocycles. The van der Waals surface area contributed by atoms with Gasteiger partial charge in [0.1, 0.15) is 6.10 Å². The molecular formula is C6H17NO6. The molecule has 0 aromatic heterocycles. The Morgan fingerprint density at radius 2 is 1.46 bits per heavy atom. The SMILES string of the molecule is CCO.NC(=O)O.OCC(O)CO. The van der Waals surface area contributed by atoms with Crippen molar-refractivity contribution in [1.29, 1.82) is 0 Å². The van der Waals surface area contributed by atoms with Crippen molar-refractivity contribution in [3.05, 3.63) is 0 Å². The maximum absolute atomic E-state index is 8.78. The fourth-order valence-corrected chi connectivity index (χ4v) is 0.0577. The van der Waals surface area contributed by atoms with Gasteiger partial charge >= 0.3 is 6.09 Å². The van der Waals surface area contributed by atoms with Crippen LogP contribution in [0.3, 0.4) is 0 Å². The number of carbonyl (C=O) groups is 1. The molecule has 0 atom stereocenters. The van der Waals surface area contributed by atoms with E-state index in [1.54, 1.807) is 6.92 Å². The van der Waals surface area contributed by atoms with Crippen molar-refractivity contribution in [2.24, 2.45) is 5.73 Å². The second-order valence-corrected chi connectivity index (χ2v) is 1.67. The van der Waals surface area contributed by atoms with Crippen LogP contribution in [-0.2, 0) is 0 Å². The Hall–Kier alpha value is -0.890. The first-order valence-corrected chi connectivity index (χ1v) is 3.45. The van der Waals surface area contributed by atoms with Crippen LogP contribution in [0.25, 0.3) is 0 Å². The highest BCUT2D eigenvalue weighted by Gasteiger charge is 1.93. The Balaban J connectivity index is -0.000000125. The number of rotatable bonds is 2. The molecule has 7 N–H and O–H groups in total. The molecule has 0 aliphatic heterocycles. The summed E-state index contributed by atoms with van der Waals surface area (Å²) in [7, 11) is 0. The van der Waals surface area contributed by atoms with Crippen molar-refractivity contribution in [3.8, 4) is 0 Å². The van der Waals surface area contributed by atoms with Crippen molar-refractivity contribution in [1.82, 2.24) is 0 Å². The largest absolute Gasteiger partial charge is 0.465 e. The highest BCUT2D eigenvalue weighted by atomic mass is 16.4. The minimum atomic E-state index is -1.33. The molecule has 0 bridgehead atoms. The fraction of sp³-hybridized carbons (Fsp3) is 0.833. The minimum Gasteiger partial charge on any atom is -0.465 e. The van der Waals surface area contributed by atoms with Crippen molar-refractivity contribution in [2.75, 3.05) is 19.8 Å². The molecule has 7 nitrogen and oxygen atoms in total.